The van der Waals surface area contributed by atoms with Gasteiger partial charge in [-0.05, 0) is 30.3 Å². The lowest BCUT2D eigenvalue weighted by atomic mass is 10.2. The molecule has 0 aliphatic carbocycles. The predicted octanol–water partition coefficient (Wildman–Crippen LogP) is 3.32. The number of ether oxygens (including phenoxy) is 1. The second kappa shape index (κ2) is 7.06. The van der Waals surface area contributed by atoms with Crippen molar-refractivity contribution < 1.29 is 9.84 Å². The lowest BCUT2D eigenvalue weighted by molar-refractivity contribution is 0.373. The topological polar surface area (TPSA) is 76.7 Å². The lowest BCUT2D eigenvalue weighted by Crippen LogP contribution is -2.22. The second-order valence-electron chi connectivity index (χ2n) is 5.30. The normalized spacial score (nSPS) is 11.3. The Balaban J connectivity index is 2.15. The van der Waals surface area contributed by atoms with Crippen LogP contribution in [0, 0.1) is 0 Å². The van der Waals surface area contributed by atoms with Gasteiger partial charge in [-0.15, -0.1) is 0 Å². The summed E-state index contributed by atoms with van der Waals surface area (Å²) in [5, 5.41) is 14.9. The number of methoxy groups -OCH3 is 1. The highest BCUT2D eigenvalue weighted by molar-refractivity contribution is 9.10. The fourth-order valence-corrected chi connectivity index (χ4v) is 2.83. The van der Waals surface area contributed by atoms with E-state index in [0.29, 0.717) is 34.5 Å². The van der Waals surface area contributed by atoms with Crippen molar-refractivity contribution in [3.63, 3.8) is 0 Å². The molecule has 3 aromatic rings. The maximum Gasteiger partial charge on any atom is 0.282 e. The molecule has 0 aliphatic rings. The van der Waals surface area contributed by atoms with Gasteiger partial charge in [-0.25, -0.2) is 4.98 Å². The van der Waals surface area contributed by atoms with Crippen molar-refractivity contribution in [1.29, 1.82) is 0 Å². The third kappa shape index (κ3) is 3.28. The summed E-state index contributed by atoms with van der Waals surface area (Å²) in [5.41, 5.74) is 0.810. The van der Waals surface area contributed by atoms with Crippen LogP contribution >= 0.6 is 15.9 Å². The van der Waals surface area contributed by atoms with E-state index in [1.807, 2.05) is 13.0 Å². The van der Waals surface area contributed by atoms with Crippen LogP contribution in [-0.2, 0) is 6.42 Å². The number of halogens is 1. The first kappa shape index (κ1) is 17.2. The Morgan fingerprint density at radius 3 is 2.88 bits per heavy atom. The summed E-state index contributed by atoms with van der Waals surface area (Å²) in [6.45, 7) is 1.90. The number of rotatable bonds is 4. The van der Waals surface area contributed by atoms with Gasteiger partial charge in [0.1, 0.15) is 5.82 Å². The molecule has 128 valence electrons. The number of hydrogen-bond acceptors (Lipinski definition) is 5. The van der Waals surface area contributed by atoms with Crippen LogP contribution in [0.5, 0.6) is 11.5 Å². The molecule has 3 rings (SSSR count). The summed E-state index contributed by atoms with van der Waals surface area (Å²) in [4.78, 5) is 17.3. The van der Waals surface area contributed by atoms with Crippen LogP contribution in [0.3, 0.4) is 0 Å². The molecule has 0 atom stereocenters. The standard InChI is InChI=1S/C18H16BrN3O3/c1-3-16-21-14-8-7-12(19)9-13(14)18(24)22(16)20-10-11-5-4-6-15(25-2)17(11)23/h4-10,23H,3H2,1-2H3. The molecule has 6 nitrogen and oxygen atoms in total. The van der Waals surface area contributed by atoms with Crippen LogP contribution in [0.2, 0.25) is 0 Å². The van der Waals surface area contributed by atoms with Crippen LogP contribution in [0.25, 0.3) is 10.9 Å². The van der Waals surface area contributed by atoms with E-state index in [9.17, 15) is 9.90 Å². The molecule has 1 aromatic heterocycles. The van der Waals surface area contributed by atoms with Crippen LogP contribution in [-0.4, -0.2) is 28.1 Å². The number of phenolic OH excluding ortho intramolecular Hbond substituents is 1. The van der Waals surface area contributed by atoms with Crippen LogP contribution in [0.1, 0.15) is 18.3 Å². The zero-order valence-corrected chi connectivity index (χ0v) is 15.3. The first-order valence-electron chi connectivity index (χ1n) is 7.66. The van der Waals surface area contributed by atoms with E-state index in [2.05, 4.69) is 26.0 Å². The number of nitrogens with zero attached hydrogens (tertiary/aromatic N) is 3. The van der Waals surface area contributed by atoms with Crippen LogP contribution in [0.15, 0.2) is 50.8 Å². The van der Waals surface area contributed by atoms with Crippen molar-refractivity contribution in [1.82, 2.24) is 9.66 Å². The van der Waals surface area contributed by atoms with Crippen molar-refractivity contribution in [2.75, 3.05) is 7.11 Å². The van der Waals surface area contributed by atoms with Crippen molar-refractivity contribution in [2.24, 2.45) is 5.10 Å². The Hall–Kier alpha value is -2.67. The molecule has 0 aliphatic heterocycles. The van der Waals surface area contributed by atoms with Crippen molar-refractivity contribution in [3.05, 3.63) is 62.6 Å². The molecule has 2 aromatic carbocycles. The highest BCUT2D eigenvalue weighted by atomic mass is 79.9. The van der Waals surface area contributed by atoms with E-state index in [-0.39, 0.29) is 11.3 Å². The van der Waals surface area contributed by atoms with Gasteiger partial charge in [0.2, 0.25) is 0 Å². The molecule has 7 heteroatoms. The molecule has 0 radical (unpaired) electrons. The minimum Gasteiger partial charge on any atom is -0.504 e. The SMILES string of the molecule is CCc1nc2ccc(Br)cc2c(=O)n1N=Cc1cccc(OC)c1O. The number of aryl methyl sites for hydroxylation is 1. The van der Waals surface area contributed by atoms with Crippen molar-refractivity contribution in [3.8, 4) is 11.5 Å². The first-order valence-corrected chi connectivity index (χ1v) is 8.46. The van der Waals surface area contributed by atoms with E-state index in [1.54, 1.807) is 30.3 Å². The van der Waals surface area contributed by atoms with E-state index in [0.717, 1.165) is 4.47 Å². The van der Waals surface area contributed by atoms with Gasteiger partial charge in [0.05, 0.1) is 24.2 Å². The zero-order valence-electron chi connectivity index (χ0n) is 13.7. The van der Waals surface area contributed by atoms with E-state index in [4.69, 9.17) is 4.74 Å². The van der Waals surface area contributed by atoms with E-state index >= 15 is 0 Å². The molecular formula is C18H16BrN3O3. The van der Waals surface area contributed by atoms with Gasteiger partial charge in [-0.1, -0.05) is 28.9 Å². The fourth-order valence-electron chi connectivity index (χ4n) is 2.47. The number of aromatic nitrogens is 2. The average molecular weight is 402 g/mol. The Kier molecular flexibility index (Phi) is 4.85. The lowest BCUT2D eigenvalue weighted by Gasteiger charge is -2.08. The average Bonchev–Trinajstić information content (AvgIpc) is 2.62. The van der Waals surface area contributed by atoms with Gasteiger partial charge in [0.15, 0.2) is 11.5 Å². The molecule has 0 amide bonds. The zero-order chi connectivity index (χ0) is 18.0. The van der Waals surface area contributed by atoms with Crippen LogP contribution < -0.4 is 10.3 Å². The summed E-state index contributed by atoms with van der Waals surface area (Å²) in [6, 6.07) is 10.4. The van der Waals surface area contributed by atoms with Gasteiger partial charge in [0.25, 0.3) is 5.56 Å². The Bertz CT molecular complexity index is 1030. The third-order valence-electron chi connectivity index (χ3n) is 3.75. The van der Waals surface area contributed by atoms with E-state index < -0.39 is 0 Å². The Labute approximate surface area is 152 Å². The van der Waals surface area contributed by atoms with Gasteiger partial charge in [-0.2, -0.15) is 9.78 Å². The Morgan fingerprint density at radius 2 is 2.16 bits per heavy atom. The van der Waals surface area contributed by atoms with Crippen molar-refractivity contribution >= 4 is 33.0 Å². The van der Waals surface area contributed by atoms with Gasteiger partial charge in [0, 0.05) is 16.5 Å². The fraction of sp³-hybridized carbons (Fsp3) is 0.167. The highest BCUT2D eigenvalue weighted by Gasteiger charge is 2.10. The molecule has 0 saturated carbocycles. The highest BCUT2D eigenvalue weighted by Crippen LogP contribution is 2.28. The number of hydrogen-bond donors (Lipinski definition) is 1. The number of para-hydroxylation sites is 1. The largest absolute Gasteiger partial charge is 0.504 e. The molecule has 0 bridgehead atoms. The molecule has 1 N–H and O–H groups in total. The molecular weight excluding hydrogens is 386 g/mol. The number of fused-ring (bicyclic) bond motifs is 1. The maximum atomic E-state index is 12.8. The molecule has 1 heterocycles. The summed E-state index contributed by atoms with van der Waals surface area (Å²) < 4.78 is 7.13. The number of aromatic hydroxyl groups is 1. The molecule has 0 fully saturated rings. The molecule has 0 unspecified atom stereocenters. The quantitative estimate of drug-likeness (QED) is 0.680. The van der Waals surface area contributed by atoms with E-state index in [1.165, 1.54) is 18.0 Å². The second-order valence-corrected chi connectivity index (χ2v) is 6.22. The van der Waals surface area contributed by atoms with Gasteiger partial charge >= 0.3 is 0 Å². The number of phenols is 1. The summed E-state index contributed by atoms with van der Waals surface area (Å²) in [6.07, 6.45) is 1.96. The first-order chi connectivity index (χ1) is 12.0. The monoisotopic (exact) mass is 401 g/mol. The maximum absolute atomic E-state index is 12.8. The predicted molar refractivity (Wildman–Crippen MR) is 101 cm³/mol. The van der Waals surface area contributed by atoms with Gasteiger partial charge < -0.3 is 9.84 Å². The molecule has 0 spiro atoms. The Morgan fingerprint density at radius 1 is 1.36 bits per heavy atom. The van der Waals surface area contributed by atoms with Gasteiger partial charge in [-0.3, -0.25) is 4.79 Å². The third-order valence-corrected chi connectivity index (χ3v) is 4.25. The minimum atomic E-state index is -0.262. The smallest absolute Gasteiger partial charge is 0.282 e. The van der Waals surface area contributed by atoms with Crippen molar-refractivity contribution in [2.45, 2.75) is 13.3 Å². The number of benzene rings is 2. The summed E-state index contributed by atoms with van der Waals surface area (Å²) in [5.74, 6) is 0.849. The summed E-state index contributed by atoms with van der Waals surface area (Å²) >= 11 is 3.37. The molecule has 0 saturated heterocycles. The summed E-state index contributed by atoms with van der Waals surface area (Å²) in [7, 11) is 1.47. The van der Waals surface area contributed by atoms with Crippen LogP contribution in [0.4, 0.5) is 0 Å². The molecule has 25 heavy (non-hydrogen) atoms. The minimum absolute atomic E-state index is 0.0312.